The predicted octanol–water partition coefficient (Wildman–Crippen LogP) is 4.41. The van der Waals surface area contributed by atoms with Gasteiger partial charge in [-0.1, -0.05) is 27.7 Å². The minimum Gasteiger partial charge on any atom is -0.323 e. The summed E-state index contributed by atoms with van der Waals surface area (Å²) in [4.78, 5) is 26.5. The van der Waals surface area contributed by atoms with Crippen molar-refractivity contribution >= 4 is 45.0 Å². The van der Waals surface area contributed by atoms with E-state index in [0.29, 0.717) is 5.16 Å². The fourth-order valence-electron chi connectivity index (χ4n) is 2.23. The van der Waals surface area contributed by atoms with Crippen LogP contribution in [0.1, 0.15) is 0 Å². The number of nitro benzene ring substituents is 1. The third kappa shape index (κ3) is 4.72. The molecule has 1 aromatic heterocycles. The average Bonchev–Trinajstić information content (AvgIpc) is 3.11. The molecule has 0 atom stereocenters. The summed E-state index contributed by atoms with van der Waals surface area (Å²) in [5.41, 5.74) is 0.347. The van der Waals surface area contributed by atoms with Gasteiger partial charge in [-0.2, -0.15) is 0 Å². The second-order valence-electron chi connectivity index (χ2n) is 5.31. The number of non-ortho nitro benzene ring substituents is 1. The van der Waals surface area contributed by atoms with Crippen LogP contribution < -0.4 is 5.32 Å². The Labute approximate surface area is 165 Å². The monoisotopic (exact) mass is 450 g/mol. The largest absolute Gasteiger partial charge is 0.323 e. The summed E-state index contributed by atoms with van der Waals surface area (Å²) in [6, 6.07) is 10.5. The van der Waals surface area contributed by atoms with Crippen LogP contribution in [0.25, 0.3) is 5.69 Å². The van der Waals surface area contributed by atoms with Gasteiger partial charge in [0.1, 0.15) is 5.82 Å². The SMILES string of the molecule is O=C(CSc1nccn1-c1ccc(Br)cc1)Nc1cc([N+](=O)[O-])ccc1F. The number of carbonyl (C=O) groups excluding carboxylic acids is 1. The Hall–Kier alpha value is -2.72. The second-order valence-corrected chi connectivity index (χ2v) is 7.17. The maximum atomic E-state index is 13.8. The zero-order chi connectivity index (χ0) is 19.4. The Balaban J connectivity index is 1.67. The van der Waals surface area contributed by atoms with Gasteiger partial charge in [0.05, 0.1) is 16.4 Å². The maximum Gasteiger partial charge on any atom is 0.271 e. The third-order valence-electron chi connectivity index (χ3n) is 3.48. The first-order valence-corrected chi connectivity index (χ1v) is 9.38. The number of benzene rings is 2. The van der Waals surface area contributed by atoms with E-state index in [2.05, 4.69) is 26.2 Å². The quantitative estimate of drug-likeness (QED) is 0.341. The number of carbonyl (C=O) groups is 1. The van der Waals surface area contributed by atoms with Crippen LogP contribution in [0.4, 0.5) is 15.8 Å². The smallest absolute Gasteiger partial charge is 0.271 e. The number of amides is 1. The topological polar surface area (TPSA) is 90.1 Å². The Morgan fingerprint density at radius 3 is 2.74 bits per heavy atom. The number of aromatic nitrogens is 2. The van der Waals surface area contributed by atoms with Gasteiger partial charge in [0.15, 0.2) is 5.16 Å². The number of hydrogen-bond acceptors (Lipinski definition) is 5. The Morgan fingerprint density at radius 2 is 2.04 bits per heavy atom. The molecule has 0 fully saturated rings. The van der Waals surface area contributed by atoms with Crippen molar-refractivity contribution in [1.29, 1.82) is 0 Å². The van der Waals surface area contributed by atoms with Crippen LogP contribution in [0.2, 0.25) is 0 Å². The lowest BCUT2D eigenvalue weighted by Gasteiger charge is -2.08. The molecule has 1 heterocycles. The number of imidazole rings is 1. The molecule has 138 valence electrons. The lowest BCUT2D eigenvalue weighted by atomic mass is 10.2. The van der Waals surface area contributed by atoms with Crippen molar-refractivity contribution in [1.82, 2.24) is 9.55 Å². The highest BCUT2D eigenvalue weighted by Gasteiger charge is 2.14. The van der Waals surface area contributed by atoms with Gasteiger partial charge in [0.2, 0.25) is 5.91 Å². The van der Waals surface area contributed by atoms with Gasteiger partial charge in [0.25, 0.3) is 5.69 Å². The molecule has 7 nitrogen and oxygen atoms in total. The lowest BCUT2D eigenvalue weighted by molar-refractivity contribution is -0.384. The van der Waals surface area contributed by atoms with E-state index >= 15 is 0 Å². The van der Waals surface area contributed by atoms with Gasteiger partial charge in [-0.05, 0) is 30.3 Å². The molecule has 10 heteroatoms. The Morgan fingerprint density at radius 1 is 1.30 bits per heavy atom. The highest BCUT2D eigenvalue weighted by molar-refractivity contribution is 9.10. The van der Waals surface area contributed by atoms with Gasteiger partial charge in [0, 0.05) is 34.7 Å². The average molecular weight is 451 g/mol. The van der Waals surface area contributed by atoms with E-state index in [1.165, 1.54) is 11.8 Å². The highest BCUT2D eigenvalue weighted by atomic mass is 79.9. The predicted molar refractivity (Wildman–Crippen MR) is 104 cm³/mol. The molecule has 0 saturated carbocycles. The zero-order valence-corrected chi connectivity index (χ0v) is 16.0. The van der Waals surface area contributed by atoms with Crippen LogP contribution in [-0.2, 0) is 4.79 Å². The molecule has 0 spiro atoms. The highest BCUT2D eigenvalue weighted by Crippen LogP contribution is 2.24. The van der Waals surface area contributed by atoms with Crippen molar-refractivity contribution in [3.63, 3.8) is 0 Å². The number of halogens is 2. The van der Waals surface area contributed by atoms with Gasteiger partial charge in [-0.3, -0.25) is 19.5 Å². The van der Waals surface area contributed by atoms with Gasteiger partial charge >= 0.3 is 0 Å². The molecular formula is C17H12BrFN4O3S. The number of thioether (sulfide) groups is 1. The maximum absolute atomic E-state index is 13.8. The van der Waals surface area contributed by atoms with E-state index in [-0.39, 0.29) is 17.1 Å². The van der Waals surface area contributed by atoms with Crippen LogP contribution in [0.5, 0.6) is 0 Å². The Bertz CT molecular complexity index is 994. The van der Waals surface area contributed by atoms with Crippen LogP contribution in [-0.4, -0.2) is 26.1 Å². The molecule has 0 unspecified atom stereocenters. The third-order valence-corrected chi connectivity index (χ3v) is 4.97. The van der Waals surface area contributed by atoms with Crippen LogP contribution in [0.15, 0.2) is 64.5 Å². The van der Waals surface area contributed by atoms with Crippen molar-refractivity contribution in [3.8, 4) is 5.69 Å². The number of hydrogen-bond donors (Lipinski definition) is 1. The molecule has 0 radical (unpaired) electrons. The summed E-state index contributed by atoms with van der Waals surface area (Å²) in [6.07, 6.45) is 3.38. The van der Waals surface area contributed by atoms with Crippen LogP contribution in [0, 0.1) is 15.9 Å². The molecule has 0 aliphatic heterocycles. The fourth-order valence-corrected chi connectivity index (χ4v) is 3.27. The summed E-state index contributed by atoms with van der Waals surface area (Å²) >= 11 is 4.54. The molecular weight excluding hydrogens is 439 g/mol. The van der Waals surface area contributed by atoms with Crippen molar-refractivity contribution in [2.24, 2.45) is 0 Å². The molecule has 27 heavy (non-hydrogen) atoms. The lowest BCUT2D eigenvalue weighted by Crippen LogP contribution is -2.15. The first kappa shape index (κ1) is 19.1. The van der Waals surface area contributed by atoms with Crippen molar-refractivity contribution < 1.29 is 14.1 Å². The van der Waals surface area contributed by atoms with Gasteiger partial charge in [-0.15, -0.1) is 0 Å². The summed E-state index contributed by atoms with van der Waals surface area (Å²) in [7, 11) is 0. The second kappa shape index (κ2) is 8.31. The summed E-state index contributed by atoms with van der Waals surface area (Å²) in [6.45, 7) is 0. The number of nitrogens with one attached hydrogen (secondary N) is 1. The van der Waals surface area contributed by atoms with Crippen molar-refractivity contribution in [3.05, 3.63) is 75.3 Å². The van der Waals surface area contributed by atoms with E-state index in [1.807, 2.05) is 28.8 Å². The number of nitro groups is 1. The first-order chi connectivity index (χ1) is 12.9. The number of rotatable bonds is 6. The van der Waals surface area contributed by atoms with E-state index < -0.39 is 16.6 Å². The van der Waals surface area contributed by atoms with Crippen LogP contribution in [0.3, 0.4) is 0 Å². The fraction of sp³-hybridized carbons (Fsp3) is 0.0588. The number of nitrogens with zero attached hydrogens (tertiary/aromatic N) is 3. The molecule has 2 aromatic carbocycles. The van der Waals surface area contributed by atoms with E-state index in [1.54, 1.807) is 12.4 Å². The molecule has 0 aliphatic carbocycles. The molecule has 1 N–H and O–H groups in total. The van der Waals surface area contributed by atoms with Crippen LogP contribution >= 0.6 is 27.7 Å². The Kier molecular flexibility index (Phi) is 5.87. The molecule has 3 aromatic rings. The first-order valence-electron chi connectivity index (χ1n) is 7.60. The van der Waals surface area contributed by atoms with Gasteiger partial charge < -0.3 is 5.32 Å². The number of anilines is 1. The summed E-state index contributed by atoms with van der Waals surface area (Å²) < 4.78 is 16.5. The minimum absolute atomic E-state index is 0.0321. The molecule has 3 rings (SSSR count). The summed E-state index contributed by atoms with van der Waals surface area (Å²) in [5, 5.41) is 13.7. The molecule has 0 bridgehead atoms. The normalized spacial score (nSPS) is 10.6. The van der Waals surface area contributed by atoms with Crippen molar-refractivity contribution in [2.45, 2.75) is 5.16 Å². The molecule has 0 saturated heterocycles. The van der Waals surface area contributed by atoms with E-state index in [9.17, 15) is 19.3 Å². The molecule has 0 aliphatic rings. The van der Waals surface area contributed by atoms with E-state index in [0.717, 1.165) is 28.4 Å². The van der Waals surface area contributed by atoms with Crippen molar-refractivity contribution in [2.75, 3.05) is 11.1 Å². The zero-order valence-electron chi connectivity index (χ0n) is 13.6. The van der Waals surface area contributed by atoms with Gasteiger partial charge in [-0.25, -0.2) is 9.37 Å². The van der Waals surface area contributed by atoms with E-state index in [4.69, 9.17) is 0 Å². The summed E-state index contributed by atoms with van der Waals surface area (Å²) in [5.74, 6) is -1.27. The standard InChI is InChI=1S/C17H12BrFN4O3S/c18-11-1-3-12(4-2-11)22-8-7-20-17(22)27-10-16(24)21-15-9-13(23(25)26)5-6-14(15)19/h1-9H,10H2,(H,21,24). The molecule has 1 amide bonds. The minimum atomic E-state index is -0.740.